The van der Waals surface area contributed by atoms with Crippen LogP contribution >= 0.6 is 11.6 Å². The van der Waals surface area contributed by atoms with Gasteiger partial charge in [-0.1, -0.05) is 17.7 Å². The Kier molecular flexibility index (Phi) is 4.91. The van der Waals surface area contributed by atoms with E-state index in [4.69, 9.17) is 11.6 Å². The number of methoxy groups -OCH3 is 1. The number of halogens is 2. The minimum atomic E-state index is -4.17. The predicted molar refractivity (Wildman–Crippen MR) is 84.7 cm³/mol. The van der Waals surface area contributed by atoms with Crippen molar-refractivity contribution in [3.63, 3.8) is 0 Å². The molecule has 0 saturated carbocycles. The summed E-state index contributed by atoms with van der Waals surface area (Å²) in [6.07, 6.45) is 0. The molecule has 0 aromatic heterocycles. The first-order chi connectivity index (χ1) is 10.7. The molecule has 0 saturated heterocycles. The smallest absolute Gasteiger partial charge is 0.337 e. The molecule has 2 rings (SSSR count). The summed E-state index contributed by atoms with van der Waals surface area (Å²) in [7, 11) is -3.00. The Labute approximate surface area is 138 Å². The number of carbonyl (C=O) groups excluding carboxylic acids is 1. The molecule has 0 radical (unpaired) electrons. The third-order valence-corrected chi connectivity index (χ3v) is 4.86. The van der Waals surface area contributed by atoms with Gasteiger partial charge in [-0.3, -0.25) is 4.72 Å². The fourth-order valence-electron chi connectivity index (χ4n) is 1.86. The monoisotopic (exact) mass is 357 g/mol. The summed E-state index contributed by atoms with van der Waals surface area (Å²) >= 11 is 5.89. The highest BCUT2D eigenvalue weighted by atomic mass is 35.5. The molecule has 0 bridgehead atoms. The number of hydrogen-bond donors (Lipinski definition) is 1. The molecule has 5 nitrogen and oxygen atoms in total. The summed E-state index contributed by atoms with van der Waals surface area (Å²) in [5, 5.41) is -0.0994. The molecule has 0 aliphatic carbocycles. The largest absolute Gasteiger partial charge is 0.465 e. The van der Waals surface area contributed by atoms with Crippen LogP contribution in [0.5, 0.6) is 0 Å². The molecule has 0 aliphatic heterocycles. The van der Waals surface area contributed by atoms with Crippen LogP contribution in [0.2, 0.25) is 5.02 Å². The second kappa shape index (κ2) is 6.55. The van der Waals surface area contributed by atoms with Crippen LogP contribution in [0.4, 0.5) is 10.1 Å². The lowest BCUT2D eigenvalue weighted by molar-refractivity contribution is 0.0600. The summed E-state index contributed by atoms with van der Waals surface area (Å²) in [6.45, 7) is 1.68. The number of carbonyl (C=O) groups is 1. The molecule has 23 heavy (non-hydrogen) atoms. The lowest BCUT2D eigenvalue weighted by Crippen LogP contribution is -2.15. The fraction of sp³-hybridized carbons (Fsp3) is 0.133. The van der Waals surface area contributed by atoms with Gasteiger partial charge in [0.2, 0.25) is 0 Å². The van der Waals surface area contributed by atoms with Crippen molar-refractivity contribution in [1.82, 2.24) is 0 Å². The molecule has 0 atom stereocenters. The zero-order chi connectivity index (χ0) is 17.2. The van der Waals surface area contributed by atoms with Crippen molar-refractivity contribution in [1.29, 1.82) is 0 Å². The van der Waals surface area contributed by atoms with E-state index in [-0.39, 0.29) is 21.2 Å². The van der Waals surface area contributed by atoms with Crippen LogP contribution in [-0.2, 0) is 14.8 Å². The molecule has 1 N–H and O–H groups in total. The predicted octanol–water partition coefficient (Wildman–Crippen LogP) is 3.37. The highest BCUT2D eigenvalue weighted by Crippen LogP contribution is 2.26. The zero-order valence-corrected chi connectivity index (χ0v) is 13.8. The first-order valence-electron chi connectivity index (χ1n) is 6.41. The maximum Gasteiger partial charge on any atom is 0.337 e. The minimum Gasteiger partial charge on any atom is -0.465 e. The normalized spacial score (nSPS) is 11.1. The van der Waals surface area contributed by atoms with E-state index in [0.29, 0.717) is 5.56 Å². The molecule has 8 heteroatoms. The number of benzene rings is 2. The Morgan fingerprint density at radius 1 is 1.22 bits per heavy atom. The van der Waals surface area contributed by atoms with Gasteiger partial charge in [-0.05, 0) is 42.8 Å². The van der Waals surface area contributed by atoms with Gasteiger partial charge in [0, 0.05) is 0 Å². The molecule has 0 fully saturated rings. The van der Waals surface area contributed by atoms with Crippen molar-refractivity contribution in [3.8, 4) is 0 Å². The molecule has 0 unspecified atom stereocenters. The van der Waals surface area contributed by atoms with E-state index in [1.807, 2.05) is 0 Å². The minimum absolute atomic E-state index is 0.0154. The van der Waals surface area contributed by atoms with Crippen LogP contribution in [0.25, 0.3) is 0 Å². The van der Waals surface area contributed by atoms with Crippen LogP contribution in [0.3, 0.4) is 0 Å². The van der Waals surface area contributed by atoms with Crippen molar-refractivity contribution in [3.05, 3.63) is 58.4 Å². The average Bonchev–Trinajstić information content (AvgIpc) is 2.49. The summed E-state index contributed by atoms with van der Waals surface area (Å²) in [5.41, 5.74) is 0.452. The molecular weight excluding hydrogens is 345 g/mol. The molecule has 0 spiro atoms. The number of rotatable bonds is 4. The lowest BCUT2D eigenvalue weighted by atomic mass is 10.2. The van der Waals surface area contributed by atoms with Crippen molar-refractivity contribution in [2.45, 2.75) is 11.8 Å². The molecule has 0 heterocycles. The van der Waals surface area contributed by atoms with Gasteiger partial charge < -0.3 is 4.74 Å². The van der Waals surface area contributed by atoms with E-state index in [0.717, 1.165) is 6.07 Å². The zero-order valence-electron chi connectivity index (χ0n) is 12.3. The third kappa shape index (κ3) is 3.80. The highest BCUT2D eigenvalue weighted by Gasteiger charge is 2.21. The van der Waals surface area contributed by atoms with Crippen LogP contribution < -0.4 is 4.72 Å². The van der Waals surface area contributed by atoms with Crippen LogP contribution in [0.15, 0.2) is 41.3 Å². The van der Waals surface area contributed by atoms with Gasteiger partial charge in [-0.15, -0.1) is 0 Å². The van der Waals surface area contributed by atoms with Crippen molar-refractivity contribution < 1.29 is 22.3 Å². The molecular formula is C15H13ClFNO4S. The second-order valence-electron chi connectivity index (χ2n) is 4.73. The molecule has 0 aliphatic rings. The Hall–Kier alpha value is -2.12. The van der Waals surface area contributed by atoms with Crippen molar-refractivity contribution in [2.75, 3.05) is 11.8 Å². The summed E-state index contributed by atoms with van der Waals surface area (Å²) < 4.78 is 45.3. The average molecular weight is 358 g/mol. The van der Waals surface area contributed by atoms with Gasteiger partial charge >= 0.3 is 5.97 Å². The quantitative estimate of drug-likeness (QED) is 0.851. The van der Waals surface area contributed by atoms with Crippen molar-refractivity contribution >= 4 is 33.3 Å². The Morgan fingerprint density at radius 2 is 1.91 bits per heavy atom. The number of nitrogens with one attached hydrogen (secondary N) is 1. The molecule has 2 aromatic rings. The van der Waals surface area contributed by atoms with Gasteiger partial charge in [-0.2, -0.15) is 0 Å². The Morgan fingerprint density at radius 3 is 2.52 bits per heavy atom. The van der Waals surface area contributed by atoms with Crippen LogP contribution in [0, 0.1) is 12.7 Å². The molecule has 122 valence electrons. The Balaban J connectivity index is 2.45. The fourth-order valence-corrected chi connectivity index (χ4v) is 3.45. The first-order valence-corrected chi connectivity index (χ1v) is 8.27. The van der Waals surface area contributed by atoms with Crippen molar-refractivity contribution in [2.24, 2.45) is 0 Å². The van der Waals surface area contributed by atoms with E-state index in [1.54, 1.807) is 13.0 Å². The van der Waals surface area contributed by atoms with Gasteiger partial charge in [0.15, 0.2) is 0 Å². The summed E-state index contributed by atoms with van der Waals surface area (Å²) in [4.78, 5) is 11.2. The number of aryl methyl sites for hydroxylation is 1. The number of sulfonamides is 1. The van der Waals surface area contributed by atoms with E-state index >= 15 is 0 Å². The van der Waals surface area contributed by atoms with Gasteiger partial charge in [0.05, 0.1) is 23.4 Å². The number of esters is 1. The van der Waals surface area contributed by atoms with Crippen LogP contribution in [0.1, 0.15) is 15.9 Å². The van der Waals surface area contributed by atoms with Gasteiger partial charge in [0.25, 0.3) is 10.0 Å². The summed E-state index contributed by atoms with van der Waals surface area (Å²) in [5.74, 6) is -1.42. The number of ether oxygens (including phenoxy) is 1. The Bertz CT molecular complexity index is 868. The maximum atomic E-state index is 13.8. The maximum absolute atomic E-state index is 13.8. The lowest BCUT2D eigenvalue weighted by Gasteiger charge is -2.11. The molecule has 2 aromatic carbocycles. The second-order valence-corrected chi connectivity index (χ2v) is 6.78. The topological polar surface area (TPSA) is 72.5 Å². The first kappa shape index (κ1) is 17.2. The van der Waals surface area contributed by atoms with E-state index in [2.05, 4.69) is 9.46 Å². The van der Waals surface area contributed by atoms with E-state index < -0.39 is 21.8 Å². The van der Waals surface area contributed by atoms with Gasteiger partial charge in [-0.25, -0.2) is 17.6 Å². The summed E-state index contributed by atoms with van der Waals surface area (Å²) in [6, 6.07) is 7.73. The van der Waals surface area contributed by atoms with Crippen LogP contribution in [-0.4, -0.2) is 21.5 Å². The van der Waals surface area contributed by atoms with Gasteiger partial charge in [0.1, 0.15) is 10.7 Å². The standard InChI is InChI=1S/C15H13ClFNO4S/c1-9-3-6-13(12(17)7-9)18-23(20,21)14-8-10(15(19)22-2)4-5-11(14)16/h3-8,18H,1-2H3. The van der Waals surface area contributed by atoms with E-state index in [9.17, 15) is 17.6 Å². The number of hydrogen-bond acceptors (Lipinski definition) is 4. The SMILES string of the molecule is COC(=O)c1ccc(Cl)c(S(=O)(=O)Nc2ccc(C)cc2F)c1. The highest BCUT2D eigenvalue weighted by molar-refractivity contribution is 7.92. The number of anilines is 1. The molecule has 0 amide bonds. The third-order valence-electron chi connectivity index (χ3n) is 3.01. The van der Waals surface area contributed by atoms with E-state index in [1.165, 1.54) is 31.4 Å².